The zero-order chi connectivity index (χ0) is 32.2. The molecule has 0 aliphatic carbocycles. The van der Waals surface area contributed by atoms with E-state index in [0.29, 0.717) is 5.92 Å². The topological polar surface area (TPSA) is 0 Å². The number of hydrogen-bond donors (Lipinski definition) is 0. The fourth-order valence-corrected chi connectivity index (χ4v) is 5.69. The van der Waals surface area contributed by atoms with Gasteiger partial charge in [-0.25, -0.2) is 0 Å². The van der Waals surface area contributed by atoms with Crippen LogP contribution in [0.2, 0.25) is 13.1 Å². The summed E-state index contributed by atoms with van der Waals surface area (Å²) >= 11 is 1.74. The van der Waals surface area contributed by atoms with Crippen molar-refractivity contribution in [2.45, 2.75) is 79.8 Å². The first-order valence-electron chi connectivity index (χ1n) is 15.8. The van der Waals surface area contributed by atoms with Gasteiger partial charge in [0.15, 0.2) is 0 Å². The van der Waals surface area contributed by atoms with E-state index in [1.54, 1.807) is 23.3 Å². The molecule has 4 heteroatoms. The number of hydrogen-bond acceptors (Lipinski definition) is 0. The van der Waals surface area contributed by atoms with Gasteiger partial charge in [-0.05, 0) is 41.9 Å². The van der Waals surface area contributed by atoms with Crippen LogP contribution in [0.1, 0.15) is 68.4 Å². The van der Waals surface area contributed by atoms with E-state index >= 15 is 0 Å². The van der Waals surface area contributed by atoms with E-state index in [2.05, 4.69) is 172 Å². The number of rotatable bonds is 3. The van der Waals surface area contributed by atoms with Crippen molar-refractivity contribution in [1.29, 1.82) is 0 Å². The summed E-state index contributed by atoms with van der Waals surface area (Å²) in [5, 5.41) is 5.45. The van der Waals surface area contributed by atoms with Gasteiger partial charge in [-0.3, -0.25) is 0 Å². The Morgan fingerprint density at radius 3 is 1.57 bits per heavy atom. The Morgan fingerprint density at radius 1 is 0.630 bits per heavy atom. The van der Waals surface area contributed by atoms with E-state index in [0.717, 1.165) is 0 Å². The molecule has 0 fully saturated rings. The van der Waals surface area contributed by atoms with Crippen molar-refractivity contribution < 1.29 is 48.1 Å². The Hall–Kier alpha value is -2.22. The molecule has 6 aromatic rings. The standard InChI is InChI=1S/C23H27.C17H15.C2H6Si.2ClH.Zr/c1-15(2)18-13-19-11-16(3)12-21(22(19)14-18)17-7-9-20(10-8-17)23(4,5)6;1-12-8-15-9-13(2)11-17(15)16(10-12)14-6-4-3-5-7-14;1-3-2;;;/h7-15H,1-6H3;3-11H,1-2H3;1-2H3;2*1H;/q2*-1;;;;+2/p-2. The van der Waals surface area contributed by atoms with E-state index < -0.39 is 0 Å². The third-order valence-electron chi connectivity index (χ3n) is 7.91. The number of aryl methyl sites for hydroxylation is 3. The molecule has 0 bridgehead atoms. The van der Waals surface area contributed by atoms with Crippen LogP contribution in [0, 0.1) is 20.8 Å². The molecule has 0 amide bonds. The van der Waals surface area contributed by atoms with Crippen LogP contribution in [0.4, 0.5) is 0 Å². The second-order valence-corrected chi connectivity index (χ2v) is 23.2. The Labute approximate surface area is 306 Å². The Balaban J connectivity index is 0.000000284. The first-order chi connectivity index (χ1) is 20.7. The molecule has 0 unspecified atom stereocenters. The van der Waals surface area contributed by atoms with Gasteiger partial charge >= 0.3 is 41.9 Å². The van der Waals surface area contributed by atoms with Gasteiger partial charge < -0.3 is 24.8 Å². The van der Waals surface area contributed by atoms with Crippen molar-refractivity contribution in [2.24, 2.45) is 0 Å². The van der Waals surface area contributed by atoms with Crippen molar-refractivity contribution in [1.82, 2.24) is 0 Å². The third-order valence-corrected chi connectivity index (χ3v) is 7.91. The Bertz CT molecular complexity index is 1860. The molecule has 0 atom stereocenters. The van der Waals surface area contributed by atoms with Crippen molar-refractivity contribution in [3.8, 4) is 22.3 Å². The molecule has 0 N–H and O–H groups in total. The van der Waals surface area contributed by atoms with Crippen molar-refractivity contribution >= 4 is 27.0 Å². The molecule has 0 aromatic heterocycles. The fourth-order valence-electron chi connectivity index (χ4n) is 5.69. The van der Waals surface area contributed by atoms with Gasteiger partial charge in [0.2, 0.25) is 0 Å². The van der Waals surface area contributed by atoms with Crippen LogP contribution in [0.25, 0.3) is 43.8 Å². The fraction of sp³-hybridized carbons (Fsp3) is 0.286. The minimum absolute atomic E-state index is 0. The maximum Gasteiger partial charge on any atom is -0.0132 e. The minimum atomic E-state index is 0. The molecule has 0 aliphatic rings. The normalized spacial score (nSPS) is 10.8. The van der Waals surface area contributed by atoms with Gasteiger partial charge in [-0.2, -0.15) is 12.1 Å². The summed E-state index contributed by atoms with van der Waals surface area (Å²) in [7, 11) is 0. The van der Waals surface area contributed by atoms with Crippen LogP contribution in [-0.2, 0) is 28.8 Å². The van der Waals surface area contributed by atoms with Gasteiger partial charge in [-0.15, -0.1) is 56.9 Å². The molecule has 0 saturated carbocycles. The first-order valence-corrected chi connectivity index (χ1v) is 22.0. The summed E-state index contributed by atoms with van der Waals surface area (Å²) in [5.74, 6) is 0.568. The summed E-state index contributed by atoms with van der Waals surface area (Å²) < 4.78 is 0. The summed E-state index contributed by atoms with van der Waals surface area (Å²) in [6.45, 7) is 22.4. The zero-order valence-corrected chi connectivity index (χ0v) is 34.1. The van der Waals surface area contributed by atoms with Crippen LogP contribution < -0.4 is 24.8 Å². The summed E-state index contributed by atoms with van der Waals surface area (Å²) in [6.07, 6.45) is 0. The molecule has 0 spiro atoms. The molecule has 6 rings (SSSR count). The van der Waals surface area contributed by atoms with E-state index in [9.17, 15) is 0 Å². The van der Waals surface area contributed by atoms with E-state index in [1.807, 2.05) is 0 Å². The van der Waals surface area contributed by atoms with Gasteiger partial charge in [0.1, 0.15) is 0 Å². The quantitative estimate of drug-likeness (QED) is 0.142. The van der Waals surface area contributed by atoms with Crippen molar-refractivity contribution in [3.05, 3.63) is 131 Å². The molecular formula is C42H48Cl2SiZr-2. The van der Waals surface area contributed by atoms with Crippen LogP contribution in [-0.4, -0.2) is 5.43 Å². The van der Waals surface area contributed by atoms with Gasteiger partial charge in [0, 0.05) is 0 Å². The average Bonchev–Trinajstić information content (AvgIpc) is 3.55. The third kappa shape index (κ3) is 10.4. The molecular weight excluding hydrogens is 695 g/mol. The van der Waals surface area contributed by atoms with Gasteiger partial charge in [0.25, 0.3) is 0 Å². The molecule has 240 valence electrons. The second-order valence-electron chi connectivity index (χ2n) is 13.8. The predicted octanol–water partition coefficient (Wildman–Crippen LogP) is 6.59. The largest absolute Gasteiger partial charge is 1.00 e. The summed E-state index contributed by atoms with van der Waals surface area (Å²) in [4.78, 5) is 0. The number of halogens is 2. The first kappa shape index (κ1) is 40.0. The number of fused-ring (bicyclic) bond motifs is 2. The van der Waals surface area contributed by atoms with Gasteiger partial charge in [-0.1, -0.05) is 131 Å². The average molecular weight is 743 g/mol. The second kappa shape index (κ2) is 17.3. The Morgan fingerprint density at radius 2 is 1.09 bits per heavy atom. The maximum atomic E-state index is 2.37. The van der Waals surface area contributed by atoms with Crippen molar-refractivity contribution in [3.63, 3.8) is 0 Å². The van der Waals surface area contributed by atoms with Crippen LogP contribution in [0.5, 0.6) is 0 Å². The van der Waals surface area contributed by atoms with E-state index in [1.165, 1.54) is 71.6 Å². The van der Waals surface area contributed by atoms with Gasteiger partial charge in [0.05, 0.1) is 0 Å². The van der Waals surface area contributed by atoms with Crippen LogP contribution in [0.15, 0.2) is 103 Å². The van der Waals surface area contributed by atoms with Crippen LogP contribution >= 0.6 is 0 Å². The molecule has 6 aromatic carbocycles. The van der Waals surface area contributed by atoms with E-state index in [4.69, 9.17) is 0 Å². The van der Waals surface area contributed by atoms with Crippen molar-refractivity contribution in [2.75, 3.05) is 0 Å². The summed E-state index contributed by atoms with van der Waals surface area (Å²) in [6, 6.07) is 38.1. The zero-order valence-electron chi connectivity index (χ0n) is 29.1. The summed E-state index contributed by atoms with van der Waals surface area (Å²) in [5.41, 5.74) is 12.5. The predicted molar refractivity (Wildman–Crippen MR) is 194 cm³/mol. The van der Waals surface area contributed by atoms with Crippen LogP contribution in [0.3, 0.4) is 0 Å². The smallest absolute Gasteiger partial charge is 0.0132 e. The molecule has 46 heavy (non-hydrogen) atoms. The molecule has 0 nitrogen and oxygen atoms in total. The minimum Gasteiger partial charge on any atom is -1.00 e. The molecule has 0 heterocycles. The Kier molecular flexibility index (Phi) is 15.0. The molecule has 0 aliphatic heterocycles. The molecule has 0 saturated heterocycles. The maximum absolute atomic E-state index is 2.37. The number of benzene rings is 4. The monoisotopic (exact) mass is 740 g/mol. The van der Waals surface area contributed by atoms with E-state index in [-0.39, 0.29) is 35.7 Å². The SMILES string of the molecule is C[Si](C)=[Zr+2].Cc1cc(-c2ccc(C(C)(C)C)cc2)c2cc(C(C)C)[cH-]c2c1.Cc1cc(-c2ccccc2)c2cc(C)[cH-]c2c1.[Cl-].[Cl-]. The molecule has 0 radical (unpaired) electrons.